The second-order valence-corrected chi connectivity index (χ2v) is 7.56. The van der Waals surface area contributed by atoms with Crippen molar-refractivity contribution in [3.63, 3.8) is 0 Å². The fourth-order valence-electron chi connectivity index (χ4n) is 3.50. The number of ether oxygens (including phenoxy) is 2. The first-order chi connectivity index (χ1) is 13.6. The third kappa shape index (κ3) is 5.57. The number of carbonyl (C=O) groups is 1. The molecule has 1 unspecified atom stereocenters. The molecule has 0 saturated carbocycles. The lowest BCUT2D eigenvalue weighted by atomic mass is 9.82. The maximum atomic E-state index is 12.5. The van der Waals surface area contributed by atoms with Crippen LogP contribution in [0.5, 0.6) is 5.75 Å². The van der Waals surface area contributed by atoms with Crippen molar-refractivity contribution in [1.29, 1.82) is 0 Å². The minimum absolute atomic E-state index is 0.0254. The normalized spacial score (nSPS) is 16.9. The zero-order chi connectivity index (χ0) is 19.8. The Morgan fingerprint density at radius 3 is 2.46 bits per heavy atom. The highest BCUT2D eigenvalue weighted by Crippen LogP contribution is 2.33. The minimum atomic E-state index is -0.384. The average molecular weight is 383 g/mol. The van der Waals surface area contributed by atoms with Crippen LogP contribution in [0.4, 0.5) is 0 Å². The van der Waals surface area contributed by atoms with Gasteiger partial charge in [0.25, 0.3) is 0 Å². The van der Waals surface area contributed by atoms with Crippen molar-refractivity contribution >= 4 is 5.91 Å². The Labute approximate surface area is 167 Å². The van der Waals surface area contributed by atoms with Crippen molar-refractivity contribution in [2.45, 2.75) is 50.8 Å². The molecular weight excluding hydrogens is 352 g/mol. The van der Waals surface area contributed by atoms with E-state index in [1.807, 2.05) is 49.4 Å². The lowest BCUT2D eigenvalue weighted by molar-refractivity contribution is -0.124. The van der Waals surface area contributed by atoms with Crippen LogP contribution in [-0.2, 0) is 21.7 Å². The average Bonchev–Trinajstić information content (AvgIpc) is 2.72. The molecule has 1 saturated heterocycles. The van der Waals surface area contributed by atoms with Gasteiger partial charge in [-0.3, -0.25) is 4.79 Å². The van der Waals surface area contributed by atoms with Crippen LogP contribution in [0.15, 0.2) is 54.6 Å². The maximum absolute atomic E-state index is 12.5. The van der Waals surface area contributed by atoms with Gasteiger partial charge >= 0.3 is 0 Å². The summed E-state index contributed by atoms with van der Waals surface area (Å²) in [5, 5.41) is 3.27. The molecule has 2 aromatic rings. The Hall–Kier alpha value is -2.37. The molecule has 5 nitrogen and oxygen atoms in total. The second-order valence-electron chi connectivity index (χ2n) is 7.56. The van der Waals surface area contributed by atoms with Gasteiger partial charge in [-0.2, -0.15) is 0 Å². The van der Waals surface area contributed by atoms with E-state index in [0.29, 0.717) is 32.7 Å². The molecule has 0 radical (unpaired) electrons. The highest BCUT2D eigenvalue weighted by Gasteiger charge is 2.35. The number of hydrogen-bond acceptors (Lipinski definition) is 4. The van der Waals surface area contributed by atoms with Gasteiger partial charge in [-0.05, 0) is 49.4 Å². The third-order valence-electron chi connectivity index (χ3n) is 5.21. The topological polar surface area (TPSA) is 73.6 Å². The first kappa shape index (κ1) is 20.4. The molecule has 3 rings (SSSR count). The molecule has 28 heavy (non-hydrogen) atoms. The van der Waals surface area contributed by atoms with Crippen LogP contribution in [0.2, 0.25) is 0 Å². The minimum Gasteiger partial charge on any atom is -0.489 e. The molecule has 0 spiro atoms. The summed E-state index contributed by atoms with van der Waals surface area (Å²) < 4.78 is 11.4. The zero-order valence-electron chi connectivity index (χ0n) is 16.5. The van der Waals surface area contributed by atoms with Gasteiger partial charge in [-0.25, -0.2) is 0 Å². The molecule has 1 aliphatic rings. The SMILES string of the molecule is CC(N)CCC(=O)NC1(c2ccc(OCc3ccccc3)cc2)CCOCC1. The quantitative estimate of drug-likeness (QED) is 0.733. The standard InChI is InChI=1S/C23H30N2O3/c1-18(24)7-12-22(26)25-23(13-15-27-16-14-23)20-8-10-21(11-9-20)28-17-19-5-3-2-4-6-19/h2-6,8-11,18H,7,12-17,24H2,1H3,(H,25,26). The zero-order valence-corrected chi connectivity index (χ0v) is 16.5. The fraction of sp³-hybridized carbons (Fsp3) is 0.435. The Balaban J connectivity index is 1.67. The smallest absolute Gasteiger partial charge is 0.220 e. The van der Waals surface area contributed by atoms with Crippen molar-refractivity contribution in [3.05, 3.63) is 65.7 Å². The first-order valence-corrected chi connectivity index (χ1v) is 9.99. The Morgan fingerprint density at radius 2 is 1.82 bits per heavy atom. The summed E-state index contributed by atoms with van der Waals surface area (Å²) in [4.78, 5) is 12.5. The third-order valence-corrected chi connectivity index (χ3v) is 5.21. The summed E-state index contributed by atoms with van der Waals surface area (Å²) in [6, 6.07) is 18.2. The fourth-order valence-corrected chi connectivity index (χ4v) is 3.50. The molecule has 5 heteroatoms. The van der Waals surface area contributed by atoms with Crippen LogP contribution >= 0.6 is 0 Å². The van der Waals surface area contributed by atoms with Crippen molar-refractivity contribution < 1.29 is 14.3 Å². The predicted molar refractivity (Wildman–Crippen MR) is 110 cm³/mol. The molecule has 0 aliphatic carbocycles. The van der Waals surface area contributed by atoms with Crippen LogP contribution in [-0.4, -0.2) is 25.2 Å². The molecule has 2 aromatic carbocycles. The monoisotopic (exact) mass is 382 g/mol. The van der Waals surface area contributed by atoms with Gasteiger partial charge < -0.3 is 20.5 Å². The highest BCUT2D eigenvalue weighted by molar-refractivity contribution is 5.77. The van der Waals surface area contributed by atoms with Gasteiger partial charge in [-0.1, -0.05) is 42.5 Å². The lowest BCUT2D eigenvalue weighted by Crippen LogP contribution is -2.49. The largest absolute Gasteiger partial charge is 0.489 e. The summed E-state index contributed by atoms with van der Waals surface area (Å²) in [5.41, 5.74) is 7.64. The number of rotatable bonds is 8. The number of nitrogens with one attached hydrogen (secondary N) is 1. The van der Waals surface area contributed by atoms with Crippen LogP contribution in [0.1, 0.15) is 43.7 Å². The van der Waals surface area contributed by atoms with Gasteiger partial charge in [0.2, 0.25) is 5.91 Å². The number of benzene rings is 2. The lowest BCUT2D eigenvalue weighted by Gasteiger charge is -2.38. The summed E-state index contributed by atoms with van der Waals surface area (Å²) in [6.45, 7) is 3.73. The molecule has 0 aromatic heterocycles. The number of amides is 1. The van der Waals surface area contributed by atoms with Crippen molar-refractivity contribution in [2.75, 3.05) is 13.2 Å². The van der Waals surface area contributed by atoms with Crippen molar-refractivity contribution in [2.24, 2.45) is 5.73 Å². The Kier molecular flexibility index (Phi) is 7.06. The van der Waals surface area contributed by atoms with Gasteiger partial charge in [0, 0.05) is 25.7 Å². The van der Waals surface area contributed by atoms with Crippen molar-refractivity contribution in [3.8, 4) is 5.75 Å². The summed E-state index contributed by atoms with van der Waals surface area (Å²) in [5.74, 6) is 0.863. The van der Waals surface area contributed by atoms with Crippen LogP contribution in [0.25, 0.3) is 0 Å². The molecule has 1 heterocycles. The number of nitrogens with two attached hydrogens (primary N) is 1. The summed E-state index contributed by atoms with van der Waals surface area (Å²) in [7, 11) is 0. The first-order valence-electron chi connectivity index (χ1n) is 9.99. The molecule has 150 valence electrons. The van der Waals surface area contributed by atoms with Crippen molar-refractivity contribution in [1.82, 2.24) is 5.32 Å². The van der Waals surface area contributed by atoms with E-state index in [9.17, 15) is 4.79 Å². The van der Waals surface area contributed by atoms with E-state index in [1.165, 1.54) is 0 Å². The Bertz CT molecular complexity index is 738. The molecule has 1 atom stereocenters. The van der Waals surface area contributed by atoms with Crippen LogP contribution in [0, 0.1) is 0 Å². The molecular formula is C23H30N2O3. The second kappa shape index (κ2) is 9.71. The van der Waals surface area contributed by atoms with Gasteiger partial charge in [0.15, 0.2) is 0 Å². The van der Waals surface area contributed by atoms with E-state index in [2.05, 4.69) is 17.4 Å². The van der Waals surface area contributed by atoms with Crippen LogP contribution < -0.4 is 15.8 Å². The molecule has 0 bridgehead atoms. The molecule has 1 fully saturated rings. The van der Waals surface area contributed by atoms with E-state index in [1.54, 1.807) is 0 Å². The van der Waals surface area contributed by atoms with E-state index in [-0.39, 0.29) is 17.5 Å². The van der Waals surface area contributed by atoms with Gasteiger partial charge in [-0.15, -0.1) is 0 Å². The van der Waals surface area contributed by atoms with Crippen LogP contribution in [0.3, 0.4) is 0 Å². The molecule has 1 aliphatic heterocycles. The predicted octanol–water partition coefficient (Wildman–Crippen LogP) is 3.51. The van der Waals surface area contributed by atoms with Gasteiger partial charge in [0.05, 0.1) is 5.54 Å². The number of hydrogen-bond donors (Lipinski definition) is 2. The molecule has 1 amide bonds. The summed E-state index contributed by atoms with van der Waals surface area (Å²) in [6.07, 6.45) is 2.66. The highest BCUT2D eigenvalue weighted by atomic mass is 16.5. The number of carbonyl (C=O) groups excluding carboxylic acids is 1. The van der Waals surface area contributed by atoms with E-state index < -0.39 is 0 Å². The maximum Gasteiger partial charge on any atom is 0.220 e. The summed E-state index contributed by atoms with van der Waals surface area (Å²) >= 11 is 0. The van der Waals surface area contributed by atoms with E-state index >= 15 is 0 Å². The Morgan fingerprint density at radius 1 is 1.14 bits per heavy atom. The van der Waals surface area contributed by atoms with E-state index in [0.717, 1.165) is 29.7 Å². The van der Waals surface area contributed by atoms with E-state index in [4.69, 9.17) is 15.2 Å². The molecule has 3 N–H and O–H groups in total. The van der Waals surface area contributed by atoms with Gasteiger partial charge in [0.1, 0.15) is 12.4 Å².